The summed E-state index contributed by atoms with van der Waals surface area (Å²) in [4.78, 5) is 31.9. The summed E-state index contributed by atoms with van der Waals surface area (Å²) in [5.74, 6) is -1.44. The quantitative estimate of drug-likeness (QED) is 0.438. The zero-order valence-corrected chi connectivity index (χ0v) is 21.1. The molecular formula is C25H28N6O4S. The number of carbonyl (C=O) groups excluding carboxylic acids is 2. The number of sulfonamides is 1. The molecule has 0 bridgehead atoms. The van der Waals surface area contributed by atoms with Gasteiger partial charge in [0, 0.05) is 36.4 Å². The van der Waals surface area contributed by atoms with Crippen molar-refractivity contribution in [3.63, 3.8) is 0 Å². The lowest BCUT2D eigenvalue weighted by atomic mass is 10.1. The summed E-state index contributed by atoms with van der Waals surface area (Å²) in [5.41, 5.74) is 2.25. The number of nitriles is 1. The van der Waals surface area contributed by atoms with Gasteiger partial charge in [0.2, 0.25) is 0 Å². The molecule has 3 aromatic rings. The number of H-pyrrole nitrogens is 1. The standard InChI is InChI=1S/C25H28N6O4S/c1-16-9-10-21(23-22(16)17(13-26)14-27-23)29-36(34,35)20-8-4-6-18(12-20)28-24(32)25(33)31-11-5-7-19(31)15-30(2)3/h4,6,8-10,12,14,19,27,29H,5,7,11,15H2,1-3H3,(H,28,32)/t19-/m0/s1. The van der Waals surface area contributed by atoms with Crippen LogP contribution in [0.2, 0.25) is 0 Å². The first-order chi connectivity index (χ1) is 17.1. The zero-order valence-electron chi connectivity index (χ0n) is 20.3. The molecule has 2 aromatic carbocycles. The number of hydrogen-bond acceptors (Lipinski definition) is 6. The van der Waals surface area contributed by atoms with E-state index in [1.54, 1.807) is 17.0 Å². The molecule has 0 saturated carbocycles. The van der Waals surface area contributed by atoms with Crippen LogP contribution in [0.25, 0.3) is 10.9 Å². The fourth-order valence-corrected chi connectivity index (χ4v) is 5.68. The highest BCUT2D eigenvalue weighted by atomic mass is 32.2. The van der Waals surface area contributed by atoms with E-state index in [9.17, 15) is 23.3 Å². The Balaban J connectivity index is 1.53. The molecule has 1 atom stereocenters. The molecule has 1 aliphatic rings. The molecule has 0 spiro atoms. The van der Waals surface area contributed by atoms with Gasteiger partial charge < -0.3 is 20.1 Å². The van der Waals surface area contributed by atoms with Crippen molar-refractivity contribution < 1.29 is 18.0 Å². The van der Waals surface area contributed by atoms with E-state index < -0.39 is 21.8 Å². The minimum atomic E-state index is -4.04. The van der Waals surface area contributed by atoms with Crippen molar-refractivity contribution >= 4 is 44.1 Å². The summed E-state index contributed by atoms with van der Waals surface area (Å²) in [6, 6.07) is 11.1. The number of amides is 2. The number of nitrogens with one attached hydrogen (secondary N) is 3. The minimum absolute atomic E-state index is 0.0324. The molecule has 1 saturated heterocycles. The average Bonchev–Trinajstić information content (AvgIpc) is 3.47. The molecule has 0 aliphatic carbocycles. The molecular weight excluding hydrogens is 480 g/mol. The Hall–Kier alpha value is -3.88. The molecule has 1 aromatic heterocycles. The van der Waals surface area contributed by atoms with E-state index in [2.05, 4.69) is 21.1 Å². The van der Waals surface area contributed by atoms with Crippen molar-refractivity contribution in [2.45, 2.75) is 30.7 Å². The van der Waals surface area contributed by atoms with E-state index in [1.165, 1.54) is 30.5 Å². The molecule has 4 rings (SSSR count). The third kappa shape index (κ3) is 5.05. The maximum atomic E-state index is 13.2. The third-order valence-electron chi connectivity index (χ3n) is 6.22. The second-order valence-corrected chi connectivity index (χ2v) is 10.8. The molecule has 11 heteroatoms. The van der Waals surface area contributed by atoms with Gasteiger partial charge in [0.25, 0.3) is 10.0 Å². The SMILES string of the molecule is Cc1ccc(NS(=O)(=O)c2cccc(NC(=O)C(=O)N3CCC[C@H]3CN(C)C)c2)c2[nH]cc(C#N)c12. The van der Waals surface area contributed by atoms with Gasteiger partial charge in [-0.2, -0.15) is 5.26 Å². The fraction of sp³-hybridized carbons (Fsp3) is 0.320. The van der Waals surface area contributed by atoms with Crippen LogP contribution in [0.5, 0.6) is 0 Å². The topological polar surface area (TPSA) is 138 Å². The fourth-order valence-electron chi connectivity index (χ4n) is 4.57. The molecule has 3 N–H and O–H groups in total. The van der Waals surface area contributed by atoms with Crippen molar-refractivity contribution in [1.82, 2.24) is 14.8 Å². The number of aromatic amines is 1. The van der Waals surface area contributed by atoms with E-state index in [-0.39, 0.29) is 16.6 Å². The molecule has 188 valence electrons. The van der Waals surface area contributed by atoms with Crippen LogP contribution < -0.4 is 10.0 Å². The van der Waals surface area contributed by atoms with Gasteiger partial charge in [-0.25, -0.2) is 8.42 Å². The van der Waals surface area contributed by atoms with E-state index in [0.717, 1.165) is 18.4 Å². The molecule has 36 heavy (non-hydrogen) atoms. The summed E-state index contributed by atoms with van der Waals surface area (Å²) in [5, 5.41) is 12.5. The van der Waals surface area contributed by atoms with Crippen LogP contribution in [-0.4, -0.2) is 68.2 Å². The van der Waals surface area contributed by atoms with Gasteiger partial charge in [-0.3, -0.25) is 14.3 Å². The molecule has 1 fully saturated rings. The van der Waals surface area contributed by atoms with Crippen molar-refractivity contribution in [3.8, 4) is 6.07 Å². The number of anilines is 2. The lowest BCUT2D eigenvalue weighted by Crippen LogP contribution is -2.46. The first kappa shape index (κ1) is 25.2. The lowest BCUT2D eigenvalue weighted by molar-refractivity contribution is -0.143. The number of likely N-dealkylation sites (tertiary alicyclic amines) is 1. The van der Waals surface area contributed by atoms with Gasteiger partial charge in [-0.1, -0.05) is 12.1 Å². The number of nitrogens with zero attached hydrogens (tertiary/aromatic N) is 3. The summed E-state index contributed by atoms with van der Waals surface area (Å²) < 4.78 is 28.9. The number of rotatable bonds is 6. The second kappa shape index (κ2) is 10.0. The van der Waals surface area contributed by atoms with Crippen molar-refractivity contribution in [3.05, 3.63) is 53.7 Å². The Labute approximate surface area is 209 Å². The van der Waals surface area contributed by atoms with Crippen molar-refractivity contribution in [2.24, 2.45) is 0 Å². The van der Waals surface area contributed by atoms with Gasteiger partial charge >= 0.3 is 11.8 Å². The van der Waals surface area contributed by atoms with Crippen LogP contribution >= 0.6 is 0 Å². The molecule has 0 unspecified atom stereocenters. The smallest absolute Gasteiger partial charge is 0.313 e. The highest BCUT2D eigenvalue weighted by Crippen LogP contribution is 2.30. The van der Waals surface area contributed by atoms with Crippen LogP contribution in [0.15, 0.2) is 47.5 Å². The average molecular weight is 509 g/mol. The molecule has 1 aliphatic heterocycles. The predicted molar refractivity (Wildman–Crippen MR) is 137 cm³/mol. The highest BCUT2D eigenvalue weighted by molar-refractivity contribution is 7.92. The van der Waals surface area contributed by atoms with Gasteiger partial charge in [0.05, 0.1) is 21.7 Å². The number of likely N-dealkylation sites (N-methyl/N-ethyl adjacent to an activating group) is 1. The van der Waals surface area contributed by atoms with Crippen LogP contribution in [0, 0.1) is 18.3 Å². The maximum Gasteiger partial charge on any atom is 0.313 e. The van der Waals surface area contributed by atoms with E-state index in [0.29, 0.717) is 35.2 Å². The van der Waals surface area contributed by atoms with Crippen LogP contribution in [0.3, 0.4) is 0 Å². The maximum absolute atomic E-state index is 13.2. The third-order valence-corrected chi connectivity index (χ3v) is 7.58. The van der Waals surface area contributed by atoms with E-state index in [4.69, 9.17) is 0 Å². The zero-order chi connectivity index (χ0) is 26.0. The summed E-state index contributed by atoms with van der Waals surface area (Å²) >= 11 is 0. The van der Waals surface area contributed by atoms with E-state index >= 15 is 0 Å². The first-order valence-electron chi connectivity index (χ1n) is 11.5. The molecule has 10 nitrogen and oxygen atoms in total. The molecule has 2 amide bonds. The van der Waals surface area contributed by atoms with Crippen LogP contribution in [-0.2, 0) is 19.6 Å². The van der Waals surface area contributed by atoms with Gasteiger partial charge in [-0.15, -0.1) is 0 Å². The van der Waals surface area contributed by atoms with Crippen LogP contribution in [0.4, 0.5) is 11.4 Å². The Morgan fingerprint density at radius 2 is 2.03 bits per heavy atom. The Morgan fingerprint density at radius 1 is 1.25 bits per heavy atom. The number of aromatic nitrogens is 1. The minimum Gasteiger partial charge on any atom is -0.358 e. The Kier molecular flexibility index (Phi) is 7.01. The van der Waals surface area contributed by atoms with E-state index in [1.807, 2.05) is 25.9 Å². The van der Waals surface area contributed by atoms with Gasteiger partial charge in [0.15, 0.2) is 0 Å². The number of hydrogen-bond donors (Lipinski definition) is 3. The molecule has 0 radical (unpaired) electrons. The van der Waals surface area contributed by atoms with Crippen LogP contribution in [0.1, 0.15) is 24.0 Å². The monoisotopic (exact) mass is 508 g/mol. The highest BCUT2D eigenvalue weighted by Gasteiger charge is 2.32. The number of carbonyl (C=O) groups is 2. The lowest BCUT2D eigenvalue weighted by Gasteiger charge is -2.26. The molecule has 2 heterocycles. The summed E-state index contributed by atoms with van der Waals surface area (Å²) in [7, 11) is -0.202. The van der Waals surface area contributed by atoms with Gasteiger partial charge in [0.1, 0.15) is 6.07 Å². The predicted octanol–water partition coefficient (Wildman–Crippen LogP) is 2.64. The van der Waals surface area contributed by atoms with Gasteiger partial charge in [-0.05, 0) is 63.7 Å². The van der Waals surface area contributed by atoms with Crippen molar-refractivity contribution in [1.29, 1.82) is 5.26 Å². The number of aryl methyl sites for hydroxylation is 1. The first-order valence-corrected chi connectivity index (χ1v) is 13.0. The summed E-state index contributed by atoms with van der Waals surface area (Å²) in [6.07, 6.45) is 3.20. The Morgan fingerprint density at radius 3 is 2.75 bits per heavy atom. The largest absolute Gasteiger partial charge is 0.358 e. The number of benzene rings is 2. The normalized spacial score (nSPS) is 15.8. The number of fused-ring (bicyclic) bond motifs is 1. The Bertz CT molecular complexity index is 1470. The second-order valence-electron chi connectivity index (χ2n) is 9.14. The van der Waals surface area contributed by atoms with Crippen molar-refractivity contribution in [2.75, 3.05) is 37.2 Å². The summed E-state index contributed by atoms with van der Waals surface area (Å²) in [6.45, 7) is 3.02.